The van der Waals surface area contributed by atoms with E-state index in [9.17, 15) is 0 Å². The highest BCUT2D eigenvalue weighted by Gasteiger charge is 2.16. The van der Waals surface area contributed by atoms with E-state index < -0.39 is 0 Å². The van der Waals surface area contributed by atoms with Crippen LogP contribution in [0.1, 0.15) is 18.4 Å². The zero-order chi connectivity index (χ0) is 17.8. The molecule has 26 heavy (non-hydrogen) atoms. The van der Waals surface area contributed by atoms with Gasteiger partial charge in [-0.25, -0.2) is 4.98 Å². The highest BCUT2D eigenvalue weighted by Crippen LogP contribution is 2.17. The van der Waals surface area contributed by atoms with E-state index in [4.69, 9.17) is 0 Å². The normalized spacial score (nSPS) is 15.7. The molecule has 4 rings (SSSR count). The van der Waals surface area contributed by atoms with Gasteiger partial charge >= 0.3 is 0 Å². The van der Waals surface area contributed by atoms with Crippen molar-refractivity contribution < 1.29 is 0 Å². The number of unbranched alkanes of at least 4 members (excludes halogenated alkanes) is 1. The number of nitrogens with zero attached hydrogens (tertiary/aromatic N) is 4. The summed E-state index contributed by atoms with van der Waals surface area (Å²) in [5.74, 6) is 0. The zero-order valence-electron chi connectivity index (χ0n) is 15.6. The van der Waals surface area contributed by atoms with Gasteiger partial charge < -0.3 is 9.47 Å². The molecule has 1 aromatic heterocycles. The van der Waals surface area contributed by atoms with E-state index in [2.05, 4.69) is 74.8 Å². The fourth-order valence-electron chi connectivity index (χ4n) is 3.79. The minimum Gasteiger partial charge on any atom is -0.369 e. The molecule has 0 spiro atoms. The molecule has 136 valence electrons. The molecular weight excluding hydrogens is 320 g/mol. The number of piperazine rings is 1. The summed E-state index contributed by atoms with van der Waals surface area (Å²) in [6, 6.07) is 17.3. The fourth-order valence-corrected chi connectivity index (χ4v) is 3.79. The monoisotopic (exact) mass is 348 g/mol. The van der Waals surface area contributed by atoms with Gasteiger partial charge in [-0.15, -0.1) is 0 Å². The van der Waals surface area contributed by atoms with Crippen LogP contribution < -0.4 is 4.90 Å². The smallest absolute Gasteiger partial charge is 0.0958 e. The minimum atomic E-state index is 1.06. The van der Waals surface area contributed by atoms with Crippen LogP contribution in [-0.2, 0) is 6.54 Å². The molecule has 1 saturated heterocycles. The molecule has 0 amide bonds. The van der Waals surface area contributed by atoms with Gasteiger partial charge in [0.05, 0.1) is 17.4 Å². The topological polar surface area (TPSA) is 24.3 Å². The van der Waals surface area contributed by atoms with E-state index in [0.717, 1.165) is 25.2 Å². The highest BCUT2D eigenvalue weighted by molar-refractivity contribution is 5.74. The SMILES string of the molecule is Cc1ccc(N2CCN(CCCCn3cnc4ccccc43)CC2)cc1. The van der Waals surface area contributed by atoms with Gasteiger partial charge in [0.15, 0.2) is 0 Å². The minimum absolute atomic E-state index is 1.06. The van der Waals surface area contributed by atoms with Crippen molar-refractivity contribution in [3.05, 3.63) is 60.4 Å². The van der Waals surface area contributed by atoms with Crippen LogP contribution in [0.2, 0.25) is 0 Å². The van der Waals surface area contributed by atoms with Crippen molar-refractivity contribution in [1.29, 1.82) is 0 Å². The molecular formula is C22H28N4. The maximum absolute atomic E-state index is 4.48. The number of imidazole rings is 1. The van der Waals surface area contributed by atoms with Gasteiger partial charge in [0.2, 0.25) is 0 Å². The molecule has 0 N–H and O–H groups in total. The van der Waals surface area contributed by atoms with Crippen LogP contribution in [-0.4, -0.2) is 47.2 Å². The molecule has 3 aromatic rings. The van der Waals surface area contributed by atoms with E-state index in [-0.39, 0.29) is 0 Å². The molecule has 0 saturated carbocycles. The lowest BCUT2D eigenvalue weighted by molar-refractivity contribution is 0.251. The second-order valence-electron chi connectivity index (χ2n) is 7.30. The average molecular weight is 348 g/mol. The number of aromatic nitrogens is 2. The quantitative estimate of drug-likeness (QED) is 0.631. The van der Waals surface area contributed by atoms with Gasteiger partial charge in [-0.1, -0.05) is 29.8 Å². The van der Waals surface area contributed by atoms with Crippen LogP contribution in [0, 0.1) is 6.92 Å². The van der Waals surface area contributed by atoms with E-state index in [1.165, 1.54) is 49.2 Å². The second-order valence-corrected chi connectivity index (χ2v) is 7.30. The summed E-state index contributed by atoms with van der Waals surface area (Å²) in [4.78, 5) is 9.59. The Kier molecular flexibility index (Phi) is 5.21. The molecule has 4 nitrogen and oxygen atoms in total. The molecule has 4 heteroatoms. The third-order valence-corrected chi connectivity index (χ3v) is 5.42. The van der Waals surface area contributed by atoms with Gasteiger partial charge in [0.1, 0.15) is 0 Å². The van der Waals surface area contributed by atoms with E-state index in [1.807, 2.05) is 6.33 Å². The molecule has 0 bridgehead atoms. The predicted octanol–water partition coefficient (Wildman–Crippen LogP) is 3.95. The van der Waals surface area contributed by atoms with Crippen LogP contribution in [0.4, 0.5) is 5.69 Å². The summed E-state index contributed by atoms with van der Waals surface area (Å²) >= 11 is 0. The summed E-state index contributed by atoms with van der Waals surface area (Å²) in [5.41, 5.74) is 5.04. The Balaban J connectivity index is 1.20. The first-order chi connectivity index (χ1) is 12.8. The number of aryl methyl sites for hydroxylation is 2. The van der Waals surface area contributed by atoms with Crippen molar-refractivity contribution in [2.24, 2.45) is 0 Å². The number of benzene rings is 2. The van der Waals surface area contributed by atoms with E-state index in [0.29, 0.717) is 0 Å². The van der Waals surface area contributed by atoms with Crippen LogP contribution in [0.3, 0.4) is 0 Å². The highest BCUT2D eigenvalue weighted by atomic mass is 15.3. The standard InChI is InChI=1S/C22H28N4/c1-19-8-10-20(11-9-19)25-16-14-24(15-17-25)12-4-5-13-26-18-23-21-6-2-3-7-22(21)26/h2-3,6-11,18H,4-5,12-17H2,1H3. The Bertz CT molecular complexity index is 829. The number of rotatable bonds is 6. The van der Waals surface area contributed by atoms with Crippen LogP contribution in [0.25, 0.3) is 11.0 Å². The summed E-state index contributed by atoms with van der Waals surface area (Å²) in [6.07, 6.45) is 4.43. The summed E-state index contributed by atoms with van der Waals surface area (Å²) in [5, 5.41) is 0. The van der Waals surface area contributed by atoms with E-state index >= 15 is 0 Å². The summed E-state index contributed by atoms with van der Waals surface area (Å²) in [7, 11) is 0. The fraction of sp³-hybridized carbons (Fsp3) is 0.409. The molecule has 2 aromatic carbocycles. The zero-order valence-corrected chi connectivity index (χ0v) is 15.6. The lowest BCUT2D eigenvalue weighted by Crippen LogP contribution is -2.46. The maximum atomic E-state index is 4.48. The third-order valence-electron chi connectivity index (χ3n) is 5.42. The Morgan fingerprint density at radius 1 is 0.846 bits per heavy atom. The molecule has 2 heterocycles. The average Bonchev–Trinajstić information content (AvgIpc) is 3.10. The first-order valence-electron chi connectivity index (χ1n) is 9.73. The van der Waals surface area contributed by atoms with Gasteiger partial charge in [0, 0.05) is 38.4 Å². The Morgan fingerprint density at radius 2 is 1.58 bits per heavy atom. The number of hydrogen-bond acceptors (Lipinski definition) is 3. The van der Waals surface area contributed by atoms with Crippen molar-refractivity contribution in [1.82, 2.24) is 14.5 Å². The lowest BCUT2D eigenvalue weighted by atomic mass is 10.2. The summed E-state index contributed by atoms with van der Waals surface area (Å²) in [6.45, 7) is 9.01. The number of fused-ring (bicyclic) bond motifs is 1. The molecule has 0 unspecified atom stereocenters. The van der Waals surface area contributed by atoms with Crippen molar-refractivity contribution in [3.8, 4) is 0 Å². The Labute approximate surface area is 156 Å². The van der Waals surface area contributed by atoms with Crippen molar-refractivity contribution in [2.75, 3.05) is 37.6 Å². The van der Waals surface area contributed by atoms with Crippen LogP contribution in [0.5, 0.6) is 0 Å². The Morgan fingerprint density at radius 3 is 2.38 bits per heavy atom. The molecule has 0 radical (unpaired) electrons. The van der Waals surface area contributed by atoms with Gasteiger partial charge in [0.25, 0.3) is 0 Å². The first kappa shape index (κ1) is 17.1. The second kappa shape index (κ2) is 7.92. The van der Waals surface area contributed by atoms with Gasteiger partial charge in [-0.05, 0) is 50.6 Å². The number of anilines is 1. The van der Waals surface area contributed by atoms with E-state index in [1.54, 1.807) is 0 Å². The number of hydrogen-bond donors (Lipinski definition) is 0. The summed E-state index contributed by atoms with van der Waals surface area (Å²) < 4.78 is 2.28. The Hall–Kier alpha value is -2.33. The molecule has 1 aliphatic heterocycles. The van der Waals surface area contributed by atoms with Crippen LogP contribution in [0.15, 0.2) is 54.9 Å². The van der Waals surface area contributed by atoms with Gasteiger partial charge in [-0.3, -0.25) is 4.90 Å². The lowest BCUT2D eigenvalue weighted by Gasteiger charge is -2.36. The predicted molar refractivity (Wildman–Crippen MR) is 109 cm³/mol. The van der Waals surface area contributed by atoms with Crippen LogP contribution >= 0.6 is 0 Å². The van der Waals surface area contributed by atoms with Crippen molar-refractivity contribution in [2.45, 2.75) is 26.3 Å². The molecule has 0 atom stereocenters. The maximum Gasteiger partial charge on any atom is 0.0958 e. The van der Waals surface area contributed by atoms with Crippen molar-refractivity contribution in [3.63, 3.8) is 0 Å². The van der Waals surface area contributed by atoms with Crippen molar-refractivity contribution >= 4 is 16.7 Å². The third kappa shape index (κ3) is 3.91. The molecule has 1 aliphatic rings. The largest absolute Gasteiger partial charge is 0.369 e. The molecule has 0 aliphatic carbocycles. The number of para-hydroxylation sites is 2. The molecule has 1 fully saturated rings. The first-order valence-corrected chi connectivity index (χ1v) is 9.73. The van der Waals surface area contributed by atoms with Gasteiger partial charge in [-0.2, -0.15) is 0 Å².